The highest BCUT2D eigenvalue weighted by Crippen LogP contribution is 2.31. The van der Waals surface area contributed by atoms with E-state index in [9.17, 15) is 9.59 Å². The average Bonchev–Trinajstić information content (AvgIpc) is 3.19. The second-order valence-electron chi connectivity index (χ2n) is 6.33. The first-order valence-corrected chi connectivity index (χ1v) is 9.03. The lowest BCUT2D eigenvalue weighted by molar-refractivity contribution is -0.124. The smallest absolute Gasteiger partial charge is 0.255 e. The van der Waals surface area contributed by atoms with Crippen molar-refractivity contribution in [2.24, 2.45) is 0 Å². The zero-order chi connectivity index (χ0) is 19.4. The predicted octanol–water partition coefficient (Wildman–Crippen LogP) is 4.03. The number of rotatable bonds is 5. The third-order valence-corrected chi connectivity index (χ3v) is 4.75. The standard InChI is InChI=1S/C20H21ClN2O4/c1-12-9-16(18(26-2)11-15(12)21)23-19(24)13-5-3-6-14(10-13)22-20(25)17-7-4-8-27-17/h3,5-6,9-11,17H,4,7-8H2,1-2H3,(H,22,25)(H,23,24). The summed E-state index contributed by atoms with van der Waals surface area (Å²) in [5, 5.41) is 6.18. The summed E-state index contributed by atoms with van der Waals surface area (Å²) in [6.45, 7) is 2.45. The Kier molecular flexibility index (Phi) is 5.98. The number of aryl methyl sites for hydroxylation is 1. The lowest BCUT2D eigenvalue weighted by Crippen LogP contribution is -2.27. The SMILES string of the molecule is COc1cc(Cl)c(C)cc1NC(=O)c1cccc(NC(=O)C2CCCO2)c1. The maximum Gasteiger partial charge on any atom is 0.255 e. The van der Waals surface area contributed by atoms with Gasteiger partial charge in [-0.15, -0.1) is 0 Å². The number of halogens is 1. The Bertz CT molecular complexity index is 863. The molecule has 7 heteroatoms. The number of carbonyl (C=O) groups is 2. The number of amides is 2. The van der Waals surface area contributed by atoms with Gasteiger partial charge in [0.1, 0.15) is 11.9 Å². The van der Waals surface area contributed by atoms with E-state index >= 15 is 0 Å². The van der Waals surface area contributed by atoms with Crippen LogP contribution in [0, 0.1) is 6.92 Å². The Labute approximate surface area is 162 Å². The molecule has 2 aromatic rings. The summed E-state index contributed by atoms with van der Waals surface area (Å²) in [6.07, 6.45) is 1.16. The molecule has 2 N–H and O–H groups in total. The molecule has 3 rings (SSSR count). The number of anilines is 2. The van der Waals surface area contributed by atoms with E-state index in [0.29, 0.717) is 40.7 Å². The van der Waals surface area contributed by atoms with Crippen LogP contribution in [-0.4, -0.2) is 31.6 Å². The number of ether oxygens (including phenoxy) is 2. The van der Waals surface area contributed by atoms with E-state index in [1.165, 1.54) is 7.11 Å². The predicted molar refractivity (Wildman–Crippen MR) is 105 cm³/mol. The van der Waals surface area contributed by atoms with Gasteiger partial charge in [0.2, 0.25) is 0 Å². The highest BCUT2D eigenvalue weighted by Gasteiger charge is 2.23. The maximum absolute atomic E-state index is 12.6. The molecule has 0 saturated carbocycles. The topological polar surface area (TPSA) is 76.7 Å². The van der Waals surface area contributed by atoms with Gasteiger partial charge in [-0.25, -0.2) is 0 Å². The second kappa shape index (κ2) is 8.41. The largest absolute Gasteiger partial charge is 0.495 e. The van der Waals surface area contributed by atoms with Crippen molar-refractivity contribution >= 4 is 34.8 Å². The molecule has 2 aromatic carbocycles. The lowest BCUT2D eigenvalue weighted by atomic mass is 10.1. The molecule has 0 spiro atoms. The van der Waals surface area contributed by atoms with Crippen molar-refractivity contribution in [3.63, 3.8) is 0 Å². The van der Waals surface area contributed by atoms with Gasteiger partial charge in [-0.3, -0.25) is 9.59 Å². The van der Waals surface area contributed by atoms with Gasteiger partial charge >= 0.3 is 0 Å². The Morgan fingerprint density at radius 1 is 1.22 bits per heavy atom. The van der Waals surface area contributed by atoms with Crippen molar-refractivity contribution in [1.82, 2.24) is 0 Å². The molecule has 1 fully saturated rings. The summed E-state index contributed by atoms with van der Waals surface area (Å²) in [5.41, 5.74) is 2.31. The van der Waals surface area contributed by atoms with Crippen LogP contribution in [0.1, 0.15) is 28.8 Å². The normalized spacial score (nSPS) is 16.0. The van der Waals surface area contributed by atoms with Gasteiger partial charge in [-0.2, -0.15) is 0 Å². The molecule has 1 unspecified atom stereocenters. The summed E-state index contributed by atoms with van der Waals surface area (Å²) in [4.78, 5) is 24.8. The molecule has 1 heterocycles. The van der Waals surface area contributed by atoms with Crippen LogP contribution in [0.3, 0.4) is 0 Å². The van der Waals surface area contributed by atoms with Crippen LogP contribution < -0.4 is 15.4 Å². The Morgan fingerprint density at radius 2 is 2.04 bits per heavy atom. The molecule has 0 aliphatic carbocycles. The molecule has 2 amide bonds. The first-order valence-electron chi connectivity index (χ1n) is 8.66. The molecule has 1 aliphatic rings. The number of nitrogens with one attached hydrogen (secondary N) is 2. The van der Waals surface area contributed by atoms with Gasteiger partial charge in [0.05, 0.1) is 12.8 Å². The Balaban J connectivity index is 1.74. The van der Waals surface area contributed by atoms with Crippen LogP contribution in [0.4, 0.5) is 11.4 Å². The second-order valence-corrected chi connectivity index (χ2v) is 6.73. The van der Waals surface area contributed by atoms with Gasteiger partial charge in [0, 0.05) is 28.9 Å². The van der Waals surface area contributed by atoms with E-state index in [2.05, 4.69) is 10.6 Å². The lowest BCUT2D eigenvalue weighted by Gasteiger charge is -2.13. The third kappa shape index (κ3) is 4.59. The number of hydrogen-bond acceptors (Lipinski definition) is 4. The zero-order valence-corrected chi connectivity index (χ0v) is 15.9. The minimum Gasteiger partial charge on any atom is -0.495 e. The zero-order valence-electron chi connectivity index (χ0n) is 15.2. The molecule has 1 atom stereocenters. The van der Waals surface area contributed by atoms with Gasteiger partial charge in [0.25, 0.3) is 11.8 Å². The first kappa shape index (κ1) is 19.2. The summed E-state index contributed by atoms with van der Waals surface area (Å²) in [5.74, 6) is -0.0370. The summed E-state index contributed by atoms with van der Waals surface area (Å²) < 4.78 is 10.7. The van der Waals surface area contributed by atoms with Crippen LogP contribution >= 0.6 is 11.6 Å². The number of methoxy groups -OCH3 is 1. The van der Waals surface area contributed by atoms with Gasteiger partial charge in [-0.05, 0) is 49.6 Å². The average molecular weight is 389 g/mol. The fraction of sp³-hybridized carbons (Fsp3) is 0.300. The highest BCUT2D eigenvalue weighted by molar-refractivity contribution is 6.31. The molecule has 6 nitrogen and oxygen atoms in total. The van der Waals surface area contributed by atoms with Crippen LogP contribution in [0.2, 0.25) is 5.02 Å². The third-order valence-electron chi connectivity index (χ3n) is 4.34. The minimum absolute atomic E-state index is 0.194. The summed E-state index contributed by atoms with van der Waals surface area (Å²) in [7, 11) is 1.51. The maximum atomic E-state index is 12.6. The van der Waals surface area contributed by atoms with E-state index in [0.717, 1.165) is 12.0 Å². The van der Waals surface area contributed by atoms with Gasteiger partial charge in [-0.1, -0.05) is 17.7 Å². The quantitative estimate of drug-likeness (QED) is 0.810. The van der Waals surface area contributed by atoms with Crippen molar-refractivity contribution in [2.45, 2.75) is 25.9 Å². The van der Waals surface area contributed by atoms with Crippen molar-refractivity contribution in [1.29, 1.82) is 0 Å². The highest BCUT2D eigenvalue weighted by atomic mass is 35.5. The van der Waals surface area contributed by atoms with Crippen molar-refractivity contribution in [3.05, 3.63) is 52.5 Å². The molecule has 1 saturated heterocycles. The Morgan fingerprint density at radius 3 is 2.74 bits per heavy atom. The molecule has 27 heavy (non-hydrogen) atoms. The van der Waals surface area contributed by atoms with Crippen LogP contribution in [-0.2, 0) is 9.53 Å². The fourth-order valence-corrected chi connectivity index (χ4v) is 3.02. The molecule has 0 radical (unpaired) electrons. The van der Waals surface area contributed by atoms with Crippen LogP contribution in [0.25, 0.3) is 0 Å². The number of benzene rings is 2. The summed E-state index contributed by atoms with van der Waals surface area (Å²) >= 11 is 6.10. The van der Waals surface area contributed by atoms with Crippen LogP contribution in [0.5, 0.6) is 5.75 Å². The molecule has 142 valence electrons. The van der Waals surface area contributed by atoms with E-state index in [-0.39, 0.29) is 11.8 Å². The number of carbonyl (C=O) groups excluding carboxylic acids is 2. The van der Waals surface area contributed by atoms with E-state index in [1.807, 2.05) is 6.92 Å². The molecular weight excluding hydrogens is 368 g/mol. The summed E-state index contributed by atoms with van der Waals surface area (Å²) in [6, 6.07) is 10.2. The molecule has 1 aliphatic heterocycles. The van der Waals surface area contributed by atoms with Crippen molar-refractivity contribution in [2.75, 3.05) is 24.4 Å². The van der Waals surface area contributed by atoms with Crippen molar-refractivity contribution < 1.29 is 19.1 Å². The first-order chi connectivity index (χ1) is 13.0. The van der Waals surface area contributed by atoms with Crippen LogP contribution in [0.15, 0.2) is 36.4 Å². The monoisotopic (exact) mass is 388 g/mol. The number of hydrogen-bond donors (Lipinski definition) is 2. The van der Waals surface area contributed by atoms with Gasteiger partial charge < -0.3 is 20.1 Å². The molecular formula is C20H21ClN2O4. The Hall–Kier alpha value is -2.57. The van der Waals surface area contributed by atoms with Crippen molar-refractivity contribution in [3.8, 4) is 5.75 Å². The van der Waals surface area contributed by atoms with E-state index < -0.39 is 6.10 Å². The fourth-order valence-electron chi connectivity index (χ4n) is 2.87. The molecule has 0 aromatic heterocycles. The van der Waals surface area contributed by atoms with Gasteiger partial charge in [0.15, 0.2) is 0 Å². The minimum atomic E-state index is -0.427. The van der Waals surface area contributed by atoms with E-state index in [4.69, 9.17) is 21.1 Å². The molecule has 0 bridgehead atoms. The van der Waals surface area contributed by atoms with E-state index in [1.54, 1.807) is 36.4 Å².